The van der Waals surface area contributed by atoms with Crippen molar-refractivity contribution in [2.24, 2.45) is 0 Å². The molecule has 3 rings (SSSR count). The fourth-order valence-corrected chi connectivity index (χ4v) is 4.03. The molecule has 3 fully saturated rings. The van der Waals surface area contributed by atoms with Gasteiger partial charge in [-0.05, 0) is 45.1 Å². The van der Waals surface area contributed by atoms with Crippen molar-refractivity contribution in [3.8, 4) is 0 Å². The van der Waals surface area contributed by atoms with Gasteiger partial charge >= 0.3 is 0 Å². The van der Waals surface area contributed by atoms with Crippen LogP contribution in [0, 0.1) is 0 Å². The molecule has 1 heterocycles. The van der Waals surface area contributed by atoms with Crippen molar-refractivity contribution >= 4 is 0 Å². The third-order valence-electron chi connectivity index (χ3n) is 5.26. The average molecular weight is 266 g/mol. The minimum atomic E-state index is 0.484. The van der Waals surface area contributed by atoms with Crippen LogP contribution in [0.4, 0.5) is 0 Å². The predicted octanol–water partition coefficient (Wildman–Crippen LogP) is 2.55. The normalized spacial score (nSPS) is 36.6. The zero-order chi connectivity index (χ0) is 13.1. The molecule has 3 nitrogen and oxygen atoms in total. The van der Waals surface area contributed by atoms with Gasteiger partial charge in [0, 0.05) is 31.8 Å². The van der Waals surface area contributed by atoms with Crippen LogP contribution in [0.1, 0.15) is 57.8 Å². The first-order valence-corrected chi connectivity index (χ1v) is 8.40. The van der Waals surface area contributed by atoms with Gasteiger partial charge in [-0.15, -0.1) is 0 Å². The molecule has 2 aliphatic carbocycles. The van der Waals surface area contributed by atoms with Gasteiger partial charge in [0.1, 0.15) is 0 Å². The van der Waals surface area contributed by atoms with E-state index in [1.54, 1.807) is 0 Å². The first-order valence-electron chi connectivity index (χ1n) is 8.40. The van der Waals surface area contributed by atoms with Crippen molar-refractivity contribution < 1.29 is 4.74 Å². The summed E-state index contributed by atoms with van der Waals surface area (Å²) in [7, 11) is 1.91. The summed E-state index contributed by atoms with van der Waals surface area (Å²) in [5.41, 5.74) is 0. The predicted molar refractivity (Wildman–Crippen MR) is 78.4 cm³/mol. The quantitative estimate of drug-likeness (QED) is 0.827. The molecular weight excluding hydrogens is 236 g/mol. The number of methoxy groups -OCH3 is 1. The standard InChI is InChI=1S/C16H30N2O/c1-19-16-8-3-2-7-15(16)18(14-9-10-14)12-13-6-4-5-11-17-13/h13-17H,2-12H2,1H3. The van der Waals surface area contributed by atoms with Gasteiger partial charge in [0.25, 0.3) is 0 Å². The van der Waals surface area contributed by atoms with Gasteiger partial charge in [0.15, 0.2) is 0 Å². The molecule has 0 aromatic heterocycles. The number of nitrogens with zero attached hydrogens (tertiary/aromatic N) is 1. The van der Waals surface area contributed by atoms with E-state index in [0.717, 1.165) is 12.1 Å². The van der Waals surface area contributed by atoms with Crippen molar-refractivity contribution in [2.75, 3.05) is 20.2 Å². The van der Waals surface area contributed by atoms with Crippen LogP contribution in [0.2, 0.25) is 0 Å². The first kappa shape index (κ1) is 13.8. The number of piperidine rings is 1. The van der Waals surface area contributed by atoms with E-state index in [1.807, 2.05) is 7.11 Å². The second-order valence-electron chi connectivity index (χ2n) is 6.70. The topological polar surface area (TPSA) is 24.5 Å². The van der Waals surface area contributed by atoms with Crippen LogP contribution in [0.3, 0.4) is 0 Å². The Morgan fingerprint density at radius 1 is 1.00 bits per heavy atom. The molecule has 1 saturated heterocycles. The van der Waals surface area contributed by atoms with E-state index in [1.165, 1.54) is 70.9 Å². The maximum Gasteiger partial charge on any atom is 0.0726 e. The highest BCUT2D eigenvalue weighted by Gasteiger charge is 2.39. The second-order valence-corrected chi connectivity index (χ2v) is 6.70. The van der Waals surface area contributed by atoms with Crippen molar-refractivity contribution in [1.29, 1.82) is 0 Å². The van der Waals surface area contributed by atoms with Gasteiger partial charge in [-0.2, -0.15) is 0 Å². The second kappa shape index (κ2) is 6.55. The molecule has 1 N–H and O–H groups in total. The van der Waals surface area contributed by atoms with Gasteiger partial charge < -0.3 is 10.1 Å². The van der Waals surface area contributed by atoms with E-state index in [-0.39, 0.29) is 0 Å². The third-order valence-corrected chi connectivity index (χ3v) is 5.26. The van der Waals surface area contributed by atoms with Crippen molar-refractivity contribution in [3.63, 3.8) is 0 Å². The van der Waals surface area contributed by atoms with Crippen LogP contribution >= 0.6 is 0 Å². The highest BCUT2D eigenvalue weighted by molar-refractivity contribution is 4.95. The maximum absolute atomic E-state index is 5.79. The smallest absolute Gasteiger partial charge is 0.0726 e. The van der Waals surface area contributed by atoms with Crippen LogP contribution < -0.4 is 5.32 Å². The highest BCUT2D eigenvalue weighted by atomic mass is 16.5. The zero-order valence-electron chi connectivity index (χ0n) is 12.4. The Balaban J connectivity index is 1.61. The van der Waals surface area contributed by atoms with E-state index in [2.05, 4.69) is 10.2 Å². The van der Waals surface area contributed by atoms with Crippen molar-refractivity contribution in [3.05, 3.63) is 0 Å². The molecule has 19 heavy (non-hydrogen) atoms. The molecule has 2 saturated carbocycles. The molecule has 0 bridgehead atoms. The van der Waals surface area contributed by atoms with Gasteiger partial charge in [-0.25, -0.2) is 0 Å². The first-order chi connectivity index (χ1) is 9.38. The van der Waals surface area contributed by atoms with Crippen LogP contribution in [-0.2, 0) is 4.74 Å². The fraction of sp³-hybridized carbons (Fsp3) is 1.00. The summed E-state index contributed by atoms with van der Waals surface area (Å²) in [6.07, 6.45) is 12.8. The van der Waals surface area contributed by atoms with E-state index >= 15 is 0 Å². The van der Waals surface area contributed by atoms with Gasteiger partial charge in [-0.3, -0.25) is 4.90 Å². The molecule has 3 atom stereocenters. The lowest BCUT2D eigenvalue weighted by Gasteiger charge is -2.41. The lowest BCUT2D eigenvalue weighted by Crippen LogP contribution is -2.53. The summed E-state index contributed by atoms with van der Waals surface area (Å²) in [6.45, 7) is 2.48. The molecule has 0 amide bonds. The lowest BCUT2D eigenvalue weighted by atomic mass is 9.90. The molecule has 110 valence electrons. The van der Waals surface area contributed by atoms with Crippen molar-refractivity contribution in [1.82, 2.24) is 10.2 Å². The molecular formula is C16H30N2O. The maximum atomic E-state index is 5.79. The summed E-state index contributed by atoms with van der Waals surface area (Å²) in [5, 5.41) is 3.72. The van der Waals surface area contributed by atoms with E-state index < -0.39 is 0 Å². The van der Waals surface area contributed by atoms with Crippen LogP contribution in [0.5, 0.6) is 0 Å². The van der Waals surface area contributed by atoms with Crippen molar-refractivity contribution in [2.45, 2.75) is 82.0 Å². The van der Waals surface area contributed by atoms with Gasteiger partial charge in [0.2, 0.25) is 0 Å². The Labute approximate surface area is 118 Å². The van der Waals surface area contributed by atoms with Crippen LogP contribution in [0.15, 0.2) is 0 Å². The minimum absolute atomic E-state index is 0.484. The van der Waals surface area contributed by atoms with E-state index in [9.17, 15) is 0 Å². The number of hydrogen-bond acceptors (Lipinski definition) is 3. The van der Waals surface area contributed by atoms with Gasteiger partial charge in [0.05, 0.1) is 6.10 Å². The molecule has 0 aromatic rings. The zero-order valence-corrected chi connectivity index (χ0v) is 12.4. The third kappa shape index (κ3) is 3.50. The fourth-order valence-electron chi connectivity index (χ4n) is 4.03. The number of hydrogen-bond donors (Lipinski definition) is 1. The van der Waals surface area contributed by atoms with Crippen LogP contribution in [-0.4, -0.2) is 49.3 Å². The van der Waals surface area contributed by atoms with Crippen LogP contribution in [0.25, 0.3) is 0 Å². The summed E-state index contributed by atoms with van der Waals surface area (Å²) in [5.74, 6) is 0. The largest absolute Gasteiger partial charge is 0.380 e. The Kier molecular flexibility index (Phi) is 4.78. The summed E-state index contributed by atoms with van der Waals surface area (Å²) < 4.78 is 5.79. The SMILES string of the molecule is COC1CCCCC1N(CC1CCCCN1)C1CC1. The summed E-state index contributed by atoms with van der Waals surface area (Å²) >= 11 is 0. The molecule has 3 heteroatoms. The molecule has 3 aliphatic rings. The number of ether oxygens (including phenoxy) is 1. The number of rotatable bonds is 5. The molecule has 1 aliphatic heterocycles. The lowest BCUT2D eigenvalue weighted by molar-refractivity contribution is -0.0183. The summed E-state index contributed by atoms with van der Waals surface area (Å²) in [4.78, 5) is 2.82. The molecule has 0 aromatic carbocycles. The number of nitrogens with one attached hydrogen (secondary N) is 1. The molecule has 0 spiro atoms. The molecule has 3 unspecified atom stereocenters. The molecule has 0 radical (unpaired) electrons. The van der Waals surface area contributed by atoms with E-state index in [4.69, 9.17) is 4.74 Å². The minimum Gasteiger partial charge on any atom is -0.380 e. The Hall–Kier alpha value is -0.120. The van der Waals surface area contributed by atoms with Gasteiger partial charge in [-0.1, -0.05) is 19.3 Å². The Morgan fingerprint density at radius 2 is 1.79 bits per heavy atom. The average Bonchev–Trinajstić information content (AvgIpc) is 3.30. The van der Waals surface area contributed by atoms with E-state index in [0.29, 0.717) is 12.1 Å². The summed E-state index contributed by atoms with van der Waals surface area (Å²) in [6, 6.07) is 2.29. The Morgan fingerprint density at radius 3 is 2.47 bits per heavy atom. The Bertz CT molecular complexity index is 274. The monoisotopic (exact) mass is 266 g/mol. The highest BCUT2D eigenvalue weighted by Crippen LogP contribution is 2.35.